The molecular weight excluding hydrogens is 386 g/mol. The van der Waals surface area contributed by atoms with Crippen LogP contribution in [0.15, 0.2) is 24.3 Å². The Labute approximate surface area is 174 Å². The van der Waals surface area contributed by atoms with Gasteiger partial charge in [0.25, 0.3) is 0 Å². The van der Waals surface area contributed by atoms with E-state index < -0.39 is 6.04 Å². The van der Waals surface area contributed by atoms with Crippen LogP contribution in [0.5, 0.6) is 0 Å². The molecule has 2 fully saturated rings. The molecule has 2 amide bonds. The first kappa shape index (κ1) is 18.7. The van der Waals surface area contributed by atoms with Gasteiger partial charge in [-0.2, -0.15) is 0 Å². The lowest BCUT2D eigenvalue weighted by Gasteiger charge is -2.29. The number of thioether (sulfide) groups is 1. The SMILES string of the molecule is C[C@@]12CCC(=O)N1[C@@H](C(=O)Nc1ccc(-c3nnc4n3CCCCC4)cc1)CS2. The predicted octanol–water partition coefficient (Wildman–Crippen LogP) is 3.06. The minimum Gasteiger partial charge on any atom is -0.324 e. The van der Waals surface area contributed by atoms with Gasteiger partial charge in [0.15, 0.2) is 5.82 Å². The number of aromatic nitrogens is 3. The van der Waals surface area contributed by atoms with Crippen LogP contribution in [0.1, 0.15) is 44.9 Å². The highest BCUT2D eigenvalue weighted by Crippen LogP contribution is 2.47. The van der Waals surface area contributed by atoms with E-state index in [4.69, 9.17) is 0 Å². The van der Waals surface area contributed by atoms with Gasteiger partial charge in [0.05, 0.1) is 4.87 Å². The molecule has 7 nitrogen and oxygen atoms in total. The second-order valence-electron chi connectivity index (χ2n) is 8.23. The third kappa shape index (κ3) is 3.23. The zero-order chi connectivity index (χ0) is 20.0. The van der Waals surface area contributed by atoms with Crippen LogP contribution in [0.2, 0.25) is 0 Å². The van der Waals surface area contributed by atoms with Crippen molar-refractivity contribution in [3.05, 3.63) is 30.1 Å². The van der Waals surface area contributed by atoms with E-state index in [1.165, 1.54) is 12.8 Å². The van der Waals surface area contributed by atoms with Gasteiger partial charge in [0.1, 0.15) is 11.9 Å². The first-order chi connectivity index (χ1) is 14.0. The van der Waals surface area contributed by atoms with Crippen LogP contribution in [0, 0.1) is 0 Å². The molecule has 2 aromatic rings. The molecule has 8 heteroatoms. The van der Waals surface area contributed by atoms with Crippen molar-refractivity contribution in [3.63, 3.8) is 0 Å². The number of benzene rings is 1. The van der Waals surface area contributed by atoms with Gasteiger partial charge in [-0.1, -0.05) is 6.42 Å². The fourth-order valence-corrected chi connectivity index (χ4v) is 6.07. The van der Waals surface area contributed by atoms with Crippen molar-refractivity contribution in [1.29, 1.82) is 0 Å². The number of rotatable bonds is 3. The molecule has 0 radical (unpaired) electrons. The summed E-state index contributed by atoms with van der Waals surface area (Å²) in [6, 6.07) is 7.36. The lowest BCUT2D eigenvalue weighted by molar-refractivity contribution is -0.135. The predicted molar refractivity (Wildman–Crippen MR) is 112 cm³/mol. The first-order valence-electron chi connectivity index (χ1n) is 10.3. The summed E-state index contributed by atoms with van der Waals surface area (Å²) in [5.41, 5.74) is 1.74. The van der Waals surface area contributed by atoms with Gasteiger partial charge in [-0.25, -0.2) is 0 Å². The molecule has 29 heavy (non-hydrogen) atoms. The van der Waals surface area contributed by atoms with Crippen LogP contribution in [0.4, 0.5) is 5.69 Å². The minimum absolute atomic E-state index is 0.0838. The fourth-order valence-electron chi connectivity index (χ4n) is 4.64. The van der Waals surface area contributed by atoms with E-state index in [1.54, 1.807) is 16.7 Å². The molecule has 1 aromatic heterocycles. The number of amides is 2. The molecule has 1 aromatic carbocycles. The molecule has 152 valence electrons. The van der Waals surface area contributed by atoms with Gasteiger partial charge in [-0.3, -0.25) is 9.59 Å². The maximum Gasteiger partial charge on any atom is 0.248 e. The Morgan fingerprint density at radius 3 is 2.83 bits per heavy atom. The minimum atomic E-state index is -0.396. The van der Waals surface area contributed by atoms with E-state index in [0.29, 0.717) is 12.2 Å². The van der Waals surface area contributed by atoms with E-state index >= 15 is 0 Å². The standard InChI is InChI=1S/C21H25N5O2S/c1-21-11-10-18(27)26(21)16(13-29-21)20(28)22-15-8-6-14(7-9-15)19-24-23-17-5-3-2-4-12-25(17)19/h6-9,16H,2-5,10-13H2,1H3,(H,22,28)/t16-,21-/m1/s1. The normalized spacial score (nSPS) is 26.2. The molecule has 2 atom stereocenters. The highest BCUT2D eigenvalue weighted by molar-refractivity contribution is 8.01. The molecule has 0 unspecified atom stereocenters. The lowest BCUT2D eigenvalue weighted by Crippen LogP contribution is -2.48. The van der Waals surface area contributed by atoms with Gasteiger partial charge >= 0.3 is 0 Å². The molecule has 2 saturated heterocycles. The highest BCUT2D eigenvalue weighted by atomic mass is 32.2. The van der Waals surface area contributed by atoms with Gasteiger partial charge in [-0.15, -0.1) is 22.0 Å². The summed E-state index contributed by atoms with van der Waals surface area (Å²) in [6.07, 6.45) is 5.88. The van der Waals surface area contributed by atoms with Gasteiger partial charge in [0.2, 0.25) is 11.8 Å². The third-order valence-electron chi connectivity index (χ3n) is 6.27. The number of nitrogens with zero attached hydrogens (tertiary/aromatic N) is 4. The van der Waals surface area contributed by atoms with Crippen LogP contribution in [0.3, 0.4) is 0 Å². The van der Waals surface area contributed by atoms with Crippen molar-refractivity contribution >= 4 is 29.3 Å². The van der Waals surface area contributed by atoms with Crippen molar-refractivity contribution in [2.24, 2.45) is 0 Å². The Morgan fingerprint density at radius 1 is 1.17 bits per heavy atom. The zero-order valence-corrected chi connectivity index (χ0v) is 17.4. The number of carbonyl (C=O) groups is 2. The second-order valence-corrected chi connectivity index (χ2v) is 9.74. The van der Waals surface area contributed by atoms with Crippen LogP contribution in [-0.2, 0) is 22.6 Å². The fraction of sp³-hybridized carbons (Fsp3) is 0.524. The molecule has 4 heterocycles. The van der Waals surface area contributed by atoms with E-state index in [1.807, 2.05) is 24.3 Å². The number of carbonyl (C=O) groups excluding carboxylic acids is 2. The summed E-state index contributed by atoms with van der Waals surface area (Å²) >= 11 is 1.71. The quantitative estimate of drug-likeness (QED) is 0.840. The first-order valence-corrected chi connectivity index (χ1v) is 11.3. The topological polar surface area (TPSA) is 80.1 Å². The summed E-state index contributed by atoms with van der Waals surface area (Å²) in [5.74, 6) is 2.58. The van der Waals surface area contributed by atoms with E-state index in [2.05, 4.69) is 27.0 Å². The molecular formula is C21H25N5O2S. The Balaban J connectivity index is 1.31. The summed E-state index contributed by atoms with van der Waals surface area (Å²) in [4.78, 5) is 26.7. The third-order valence-corrected chi connectivity index (χ3v) is 7.77. The summed E-state index contributed by atoms with van der Waals surface area (Å²) < 4.78 is 2.22. The average molecular weight is 412 g/mol. The van der Waals surface area contributed by atoms with Crippen LogP contribution >= 0.6 is 11.8 Å². The van der Waals surface area contributed by atoms with Gasteiger partial charge in [0, 0.05) is 36.4 Å². The lowest BCUT2D eigenvalue weighted by atomic mass is 10.1. The molecule has 0 saturated carbocycles. The second kappa shape index (κ2) is 7.16. The van der Waals surface area contributed by atoms with Crippen LogP contribution < -0.4 is 5.32 Å². The molecule has 1 N–H and O–H groups in total. The number of hydrogen-bond acceptors (Lipinski definition) is 5. The zero-order valence-electron chi connectivity index (χ0n) is 16.6. The Morgan fingerprint density at radius 2 is 2.00 bits per heavy atom. The number of fused-ring (bicyclic) bond motifs is 2. The van der Waals surface area contributed by atoms with Crippen molar-refractivity contribution < 1.29 is 9.59 Å². The van der Waals surface area contributed by atoms with Crippen LogP contribution in [0.25, 0.3) is 11.4 Å². The molecule has 0 spiro atoms. The maximum absolute atomic E-state index is 12.8. The summed E-state index contributed by atoms with van der Waals surface area (Å²) in [6.45, 7) is 3.02. The summed E-state index contributed by atoms with van der Waals surface area (Å²) in [7, 11) is 0. The summed E-state index contributed by atoms with van der Waals surface area (Å²) in [5, 5.41) is 11.7. The van der Waals surface area contributed by atoms with Crippen molar-refractivity contribution in [3.8, 4) is 11.4 Å². The highest BCUT2D eigenvalue weighted by Gasteiger charge is 2.52. The Bertz CT molecular complexity index is 956. The van der Waals surface area contributed by atoms with Crippen molar-refractivity contribution in [2.45, 2.75) is 62.9 Å². The van der Waals surface area contributed by atoms with E-state index in [0.717, 1.165) is 48.7 Å². The molecule has 0 aliphatic carbocycles. The molecule has 3 aliphatic rings. The Hall–Kier alpha value is -2.35. The number of aryl methyl sites for hydroxylation is 1. The average Bonchev–Trinajstić information content (AvgIpc) is 3.30. The van der Waals surface area contributed by atoms with Crippen LogP contribution in [-0.4, -0.2) is 48.1 Å². The van der Waals surface area contributed by atoms with E-state index in [-0.39, 0.29) is 16.7 Å². The Kier molecular flexibility index (Phi) is 4.61. The smallest absolute Gasteiger partial charge is 0.248 e. The van der Waals surface area contributed by atoms with Crippen molar-refractivity contribution in [1.82, 2.24) is 19.7 Å². The molecule has 0 bridgehead atoms. The van der Waals surface area contributed by atoms with Gasteiger partial charge in [-0.05, 0) is 50.5 Å². The maximum atomic E-state index is 12.8. The molecule has 5 rings (SSSR count). The monoisotopic (exact) mass is 411 g/mol. The van der Waals surface area contributed by atoms with Gasteiger partial charge < -0.3 is 14.8 Å². The number of hydrogen-bond donors (Lipinski definition) is 1. The molecule has 3 aliphatic heterocycles. The van der Waals surface area contributed by atoms with Crippen molar-refractivity contribution in [2.75, 3.05) is 11.1 Å². The number of anilines is 1. The largest absolute Gasteiger partial charge is 0.324 e. The van der Waals surface area contributed by atoms with E-state index in [9.17, 15) is 9.59 Å². The number of nitrogens with one attached hydrogen (secondary N) is 1.